The van der Waals surface area contributed by atoms with Crippen molar-refractivity contribution in [1.82, 2.24) is 15.2 Å². The highest BCUT2D eigenvalue weighted by atomic mass is 32.2. The van der Waals surface area contributed by atoms with Crippen molar-refractivity contribution in [3.63, 3.8) is 0 Å². The summed E-state index contributed by atoms with van der Waals surface area (Å²) in [6.07, 6.45) is 2.36. The lowest BCUT2D eigenvalue weighted by molar-refractivity contribution is 0.102. The number of methoxy groups -OCH3 is 1. The van der Waals surface area contributed by atoms with Gasteiger partial charge in [0, 0.05) is 17.4 Å². The van der Waals surface area contributed by atoms with Crippen molar-refractivity contribution in [2.45, 2.75) is 32.1 Å². The zero-order valence-electron chi connectivity index (χ0n) is 19.8. The number of thioether (sulfide) groups is 1. The Morgan fingerprint density at radius 3 is 2.60 bits per heavy atom. The maximum Gasteiger partial charge on any atom is 0.302 e. The van der Waals surface area contributed by atoms with Gasteiger partial charge in [-0.2, -0.15) is 10.2 Å². The Labute approximate surface area is 207 Å². The Morgan fingerprint density at radius 2 is 1.94 bits per heavy atom. The lowest BCUT2D eigenvalue weighted by Gasteiger charge is -2.28. The van der Waals surface area contributed by atoms with Crippen LogP contribution < -0.4 is 14.8 Å². The number of hydrazone groups is 1. The summed E-state index contributed by atoms with van der Waals surface area (Å²) in [7, 11) is 1.60. The molecule has 2 heterocycles. The standard InChI is InChI=1S/C25H27N5O4S/c1-4-22-23(17-8-11-20(34-5-2)21(14-17)33-3)29-30(25(32)35-22)15-16-6-9-18(10-7-16)27-24(31)19-12-13-26-28-19/h6-14,22H,4-5,15H2,1-3H3,(H,26,28)(H,27,31). The minimum atomic E-state index is -0.299. The first kappa shape index (κ1) is 24.3. The molecular formula is C25H27N5O4S. The second-order valence-electron chi connectivity index (χ2n) is 7.73. The van der Waals surface area contributed by atoms with Crippen LogP contribution in [0, 0.1) is 0 Å². The van der Waals surface area contributed by atoms with Crippen LogP contribution in [0.4, 0.5) is 10.5 Å². The van der Waals surface area contributed by atoms with Gasteiger partial charge in [-0.3, -0.25) is 14.7 Å². The fourth-order valence-corrected chi connectivity index (χ4v) is 4.58. The summed E-state index contributed by atoms with van der Waals surface area (Å²) in [5.74, 6) is 0.998. The number of aromatic amines is 1. The molecule has 2 amide bonds. The molecule has 0 saturated carbocycles. The number of carbonyl (C=O) groups excluding carboxylic acids is 2. The van der Waals surface area contributed by atoms with E-state index < -0.39 is 0 Å². The molecule has 4 rings (SSSR count). The first-order valence-corrected chi connectivity index (χ1v) is 12.2. The molecule has 3 aromatic rings. The molecule has 1 unspecified atom stereocenters. The highest BCUT2D eigenvalue weighted by Gasteiger charge is 2.30. The van der Waals surface area contributed by atoms with Crippen LogP contribution in [-0.4, -0.2) is 51.0 Å². The Balaban J connectivity index is 1.52. The van der Waals surface area contributed by atoms with Gasteiger partial charge in [0.1, 0.15) is 5.69 Å². The number of nitrogens with one attached hydrogen (secondary N) is 2. The van der Waals surface area contributed by atoms with Crippen molar-refractivity contribution < 1.29 is 19.1 Å². The largest absolute Gasteiger partial charge is 0.493 e. The van der Waals surface area contributed by atoms with Crippen LogP contribution in [0.3, 0.4) is 0 Å². The fourth-order valence-electron chi connectivity index (χ4n) is 3.64. The second-order valence-corrected chi connectivity index (χ2v) is 8.89. The molecule has 0 aliphatic carbocycles. The molecule has 2 aromatic carbocycles. The normalized spacial score (nSPS) is 15.5. The minimum absolute atomic E-state index is 0.0546. The number of anilines is 1. The third-order valence-electron chi connectivity index (χ3n) is 5.39. The molecule has 1 aromatic heterocycles. The van der Waals surface area contributed by atoms with E-state index in [1.807, 2.05) is 44.2 Å². The van der Waals surface area contributed by atoms with E-state index in [1.165, 1.54) is 16.8 Å². The number of hydrogen-bond acceptors (Lipinski definition) is 7. The molecule has 0 bridgehead atoms. The van der Waals surface area contributed by atoms with Gasteiger partial charge in [0.15, 0.2) is 11.5 Å². The predicted octanol–water partition coefficient (Wildman–Crippen LogP) is 4.92. The minimum Gasteiger partial charge on any atom is -0.493 e. The number of nitrogens with zero attached hydrogens (tertiary/aromatic N) is 3. The van der Waals surface area contributed by atoms with E-state index in [1.54, 1.807) is 31.5 Å². The average molecular weight is 494 g/mol. The van der Waals surface area contributed by atoms with Gasteiger partial charge in [-0.15, -0.1) is 0 Å². The van der Waals surface area contributed by atoms with E-state index in [2.05, 4.69) is 15.5 Å². The number of rotatable bonds is 9. The van der Waals surface area contributed by atoms with Gasteiger partial charge < -0.3 is 14.8 Å². The van der Waals surface area contributed by atoms with Gasteiger partial charge in [0.25, 0.3) is 5.91 Å². The van der Waals surface area contributed by atoms with E-state index in [4.69, 9.17) is 14.6 Å². The van der Waals surface area contributed by atoms with Gasteiger partial charge in [-0.1, -0.05) is 30.8 Å². The van der Waals surface area contributed by atoms with Gasteiger partial charge in [0.05, 0.1) is 31.2 Å². The van der Waals surface area contributed by atoms with Gasteiger partial charge in [-0.25, -0.2) is 5.01 Å². The van der Waals surface area contributed by atoms with E-state index in [0.717, 1.165) is 23.3 Å². The van der Waals surface area contributed by atoms with Crippen LogP contribution in [0.15, 0.2) is 59.8 Å². The SMILES string of the molecule is CCOc1ccc(C2=NN(Cc3ccc(NC(=O)c4cc[nH]n4)cc3)C(=O)SC2CC)cc1OC. The van der Waals surface area contributed by atoms with Crippen LogP contribution >= 0.6 is 11.8 Å². The fraction of sp³-hybridized carbons (Fsp3) is 0.280. The summed E-state index contributed by atoms with van der Waals surface area (Å²) < 4.78 is 11.1. The molecule has 0 saturated heterocycles. The van der Waals surface area contributed by atoms with Crippen LogP contribution in [0.5, 0.6) is 11.5 Å². The summed E-state index contributed by atoms with van der Waals surface area (Å²) in [5.41, 5.74) is 3.54. The molecule has 0 radical (unpaired) electrons. The number of hydrogen-bond donors (Lipinski definition) is 2. The smallest absolute Gasteiger partial charge is 0.302 e. The number of amides is 2. The molecule has 1 aliphatic rings. The van der Waals surface area contributed by atoms with Crippen molar-refractivity contribution in [3.05, 3.63) is 71.5 Å². The second kappa shape index (κ2) is 11.1. The molecule has 35 heavy (non-hydrogen) atoms. The molecule has 182 valence electrons. The summed E-state index contributed by atoms with van der Waals surface area (Å²) in [4.78, 5) is 25.0. The third kappa shape index (κ3) is 5.65. The summed E-state index contributed by atoms with van der Waals surface area (Å²) in [6, 6.07) is 14.6. The Bertz CT molecular complexity index is 1210. The van der Waals surface area contributed by atoms with E-state index in [-0.39, 0.29) is 16.4 Å². The molecule has 10 heteroatoms. The van der Waals surface area contributed by atoms with Crippen molar-refractivity contribution in [2.24, 2.45) is 5.10 Å². The zero-order valence-corrected chi connectivity index (χ0v) is 20.6. The highest BCUT2D eigenvalue weighted by Crippen LogP contribution is 2.34. The maximum absolute atomic E-state index is 12.8. The first-order valence-electron chi connectivity index (χ1n) is 11.3. The Kier molecular flexibility index (Phi) is 7.71. The number of aromatic nitrogens is 2. The molecule has 1 atom stereocenters. The van der Waals surface area contributed by atoms with Crippen molar-refractivity contribution in [3.8, 4) is 11.5 Å². The average Bonchev–Trinajstić information content (AvgIpc) is 3.42. The third-order valence-corrected chi connectivity index (χ3v) is 6.65. The van der Waals surface area contributed by atoms with Crippen LogP contribution in [-0.2, 0) is 6.54 Å². The van der Waals surface area contributed by atoms with Crippen molar-refractivity contribution in [2.75, 3.05) is 19.0 Å². The highest BCUT2D eigenvalue weighted by molar-refractivity contribution is 8.14. The first-order chi connectivity index (χ1) is 17.0. The molecular weight excluding hydrogens is 466 g/mol. The summed E-state index contributed by atoms with van der Waals surface area (Å²) in [5, 5.41) is 15.3. The lowest BCUT2D eigenvalue weighted by atomic mass is 10.0. The Hall–Kier alpha value is -3.79. The van der Waals surface area contributed by atoms with Gasteiger partial charge in [-0.05, 0) is 55.3 Å². The van der Waals surface area contributed by atoms with Gasteiger partial charge in [0.2, 0.25) is 0 Å². The van der Waals surface area contributed by atoms with Crippen LogP contribution in [0.2, 0.25) is 0 Å². The van der Waals surface area contributed by atoms with Crippen molar-refractivity contribution in [1.29, 1.82) is 0 Å². The zero-order chi connectivity index (χ0) is 24.8. The predicted molar refractivity (Wildman–Crippen MR) is 136 cm³/mol. The molecule has 9 nitrogen and oxygen atoms in total. The molecule has 0 fully saturated rings. The number of ether oxygens (including phenoxy) is 2. The molecule has 1 aliphatic heterocycles. The number of carbonyl (C=O) groups is 2. The lowest BCUT2D eigenvalue weighted by Crippen LogP contribution is -2.34. The van der Waals surface area contributed by atoms with Gasteiger partial charge >= 0.3 is 5.24 Å². The quantitative estimate of drug-likeness (QED) is 0.438. The van der Waals surface area contributed by atoms with Crippen LogP contribution in [0.1, 0.15) is 41.9 Å². The number of H-pyrrole nitrogens is 1. The monoisotopic (exact) mass is 493 g/mol. The van der Waals surface area contributed by atoms with Crippen molar-refractivity contribution >= 4 is 34.3 Å². The van der Waals surface area contributed by atoms with E-state index in [0.29, 0.717) is 36.0 Å². The number of benzene rings is 2. The summed E-state index contributed by atoms with van der Waals surface area (Å²) in [6.45, 7) is 4.81. The van der Waals surface area contributed by atoms with Crippen LogP contribution in [0.25, 0.3) is 0 Å². The maximum atomic E-state index is 12.8. The topological polar surface area (TPSA) is 109 Å². The Morgan fingerprint density at radius 1 is 1.14 bits per heavy atom. The summed E-state index contributed by atoms with van der Waals surface area (Å²) >= 11 is 1.27. The molecule has 0 spiro atoms. The van der Waals surface area contributed by atoms with E-state index in [9.17, 15) is 9.59 Å². The molecule has 2 N–H and O–H groups in total. The van der Waals surface area contributed by atoms with E-state index >= 15 is 0 Å².